The van der Waals surface area contributed by atoms with Crippen LogP contribution in [0.2, 0.25) is 5.02 Å². The number of halogens is 1. The van der Waals surface area contributed by atoms with Crippen molar-refractivity contribution in [2.75, 3.05) is 5.32 Å². The molecule has 0 spiro atoms. The molecule has 110 valence electrons. The topological polar surface area (TPSA) is 101 Å². The Morgan fingerprint density at radius 1 is 1.23 bits per heavy atom. The largest absolute Gasteiger partial charge is 0.366 e. The van der Waals surface area contributed by atoms with Crippen LogP contribution in [-0.4, -0.2) is 21.8 Å². The van der Waals surface area contributed by atoms with Gasteiger partial charge in [0.2, 0.25) is 5.91 Å². The number of benzene rings is 1. The van der Waals surface area contributed by atoms with Crippen LogP contribution in [0.5, 0.6) is 0 Å². The summed E-state index contributed by atoms with van der Waals surface area (Å²) in [6, 6.07) is 7.99. The zero-order valence-electron chi connectivity index (χ0n) is 11.3. The predicted octanol–water partition coefficient (Wildman–Crippen LogP) is 2.57. The Bertz CT molecular complexity index is 888. The van der Waals surface area contributed by atoms with Gasteiger partial charge in [0, 0.05) is 17.1 Å². The number of amides is 2. The van der Waals surface area contributed by atoms with Crippen LogP contribution in [-0.2, 0) is 0 Å². The Kier molecular flexibility index (Phi) is 3.52. The summed E-state index contributed by atoms with van der Waals surface area (Å²) in [5, 5.41) is 3.80. The summed E-state index contributed by atoms with van der Waals surface area (Å²) >= 11 is 5.86. The Balaban J connectivity index is 1.87. The van der Waals surface area contributed by atoms with Crippen LogP contribution >= 0.6 is 11.6 Å². The molecular weight excluding hydrogens is 304 g/mol. The molecule has 0 aliphatic rings. The lowest BCUT2D eigenvalue weighted by Gasteiger charge is -2.07. The van der Waals surface area contributed by atoms with Crippen molar-refractivity contribution in [2.45, 2.75) is 0 Å². The second-order valence-corrected chi connectivity index (χ2v) is 5.06. The van der Waals surface area contributed by atoms with Crippen molar-refractivity contribution in [3.8, 4) is 0 Å². The molecule has 2 amide bonds. The summed E-state index contributed by atoms with van der Waals surface area (Å²) in [5.74, 6) is -1.06. The van der Waals surface area contributed by atoms with E-state index >= 15 is 0 Å². The Morgan fingerprint density at radius 3 is 2.82 bits per heavy atom. The van der Waals surface area contributed by atoms with Crippen LogP contribution in [0.3, 0.4) is 0 Å². The van der Waals surface area contributed by atoms with Gasteiger partial charge >= 0.3 is 0 Å². The first-order chi connectivity index (χ1) is 10.5. The van der Waals surface area contributed by atoms with Crippen LogP contribution in [0.1, 0.15) is 20.7 Å². The van der Waals surface area contributed by atoms with Crippen molar-refractivity contribution < 1.29 is 9.59 Å². The molecular formula is C15H11ClN4O2. The summed E-state index contributed by atoms with van der Waals surface area (Å²) in [7, 11) is 0. The van der Waals surface area contributed by atoms with Crippen molar-refractivity contribution in [1.29, 1.82) is 0 Å². The minimum absolute atomic E-state index is 0.105. The predicted molar refractivity (Wildman–Crippen MR) is 84.0 cm³/mol. The van der Waals surface area contributed by atoms with Crippen LogP contribution in [0, 0.1) is 0 Å². The Hall–Kier alpha value is -2.86. The van der Waals surface area contributed by atoms with Gasteiger partial charge < -0.3 is 16.0 Å². The number of carbonyl (C=O) groups excluding carboxylic acids is 2. The third-order valence-corrected chi connectivity index (χ3v) is 3.48. The standard InChI is InChI=1S/C15H11ClN4O2/c16-12-2-1-9(6-11(12)13(17)21)15(22)20-10-5-8-3-4-18-14(8)19-7-10/h1-7H,(H2,17,21)(H,18,19)(H,20,22). The van der Waals surface area contributed by atoms with E-state index in [1.807, 2.05) is 6.07 Å². The summed E-state index contributed by atoms with van der Waals surface area (Å²) < 4.78 is 0. The van der Waals surface area contributed by atoms with Gasteiger partial charge in [-0.1, -0.05) is 11.6 Å². The fourth-order valence-electron chi connectivity index (χ4n) is 2.07. The van der Waals surface area contributed by atoms with E-state index in [4.69, 9.17) is 17.3 Å². The molecule has 2 heterocycles. The number of anilines is 1. The molecule has 0 aliphatic carbocycles. The zero-order chi connectivity index (χ0) is 15.7. The molecule has 4 N–H and O–H groups in total. The van der Waals surface area contributed by atoms with Crippen LogP contribution in [0.25, 0.3) is 11.0 Å². The maximum atomic E-state index is 12.2. The van der Waals surface area contributed by atoms with E-state index in [1.165, 1.54) is 18.2 Å². The summed E-state index contributed by atoms with van der Waals surface area (Å²) in [6.07, 6.45) is 3.31. The summed E-state index contributed by atoms with van der Waals surface area (Å²) in [5.41, 5.74) is 6.89. The van der Waals surface area contributed by atoms with Gasteiger partial charge in [0.25, 0.3) is 5.91 Å². The minimum atomic E-state index is -0.685. The number of hydrogen-bond acceptors (Lipinski definition) is 3. The average Bonchev–Trinajstić information content (AvgIpc) is 2.94. The molecule has 0 fully saturated rings. The first kappa shape index (κ1) is 14.1. The highest BCUT2D eigenvalue weighted by atomic mass is 35.5. The number of hydrogen-bond donors (Lipinski definition) is 3. The van der Waals surface area contributed by atoms with Crippen molar-refractivity contribution in [2.24, 2.45) is 5.73 Å². The third-order valence-electron chi connectivity index (χ3n) is 3.15. The highest BCUT2D eigenvalue weighted by Gasteiger charge is 2.12. The van der Waals surface area contributed by atoms with Gasteiger partial charge in [-0.15, -0.1) is 0 Å². The molecule has 0 saturated heterocycles. The molecule has 0 aliphatic heterocycles. The quantitative estimate of drug-likeness (QED) is 0.692. The van der Waals surface area contributed by atoms with E-state index in [2.05, 4.69) is 15.3 Å². The SMILES string of the molecule is NC(=O)c1cc(C(=O)Nc2cnc3[nH]ccc3c2)ccc1Cl. The van der Waals surface area contributed by atoms with Gasteiger partial charge in [0.1, 0.15) is 5.65 Å². The second-order valence-electron chi connectivity index (χ2n) is 4.65. The van der Waals surface area contributed by atoms with E-state index < -0.39 is 5.91 Å². The number of carbonyl (C=O) groups is 2. The number of nitrogens with two attached hydrogens (primary N) is 1. The lowest BCUT2D eigenvalue weighted by molar-refractivity contribution is 0.100. The number of aromatic nitrogens is 2. The van der Waals surface area contributed by atoms with Gasteiger partial charge in [-0.3, -0.25) is 9.59 Å². The number of pyridine rings is 1. The van der Waals surface area contributed by atoms with Gasteiger partial charge in [0.05, 0.1) is 22.5 Å². The third kappa shape index (κ3) is 2.64. The number of aromatic amines is 1. The maximum absolute atomic E-state index is 12.2. The number of primary amides is 1. The fourth-order valence-corrected chi connectivity index (χ4v) is 2.28. The molecule has 0 radical (unpaired) electrons. The van der Waals surface area contributed by atoms with E-state index in [-0.39, 0.29) is 22.1 Å². The zero-order valence-corrected chi connectivity index (χ0v) is 12.0. The van der Waals surface area contributed by atoms with Crippen molar-refractivity contribution >= 4 is 40.1 Å². The molecule has 0 bridgehead atoms. The molecule has 3 rings (SSSR count). The highest BCUT2D eigenvalue weighted by Crippen LogP contribution is 2.19. The lowest BCUT2D eigenvalue weighted by atomic mass is 10.1. The molecule has 0 unspecified atom stereocenters. The van der Waals surface area contributed by atoms with Crippen molar-refractivity contribution in [3.63, 3.8) is 0 Å². The summed E-state index contributed by atoms with van der Waals surface area (Å²) in [6.45, 7) is 0. The van der Waals surface area contributed by atoms with Gasteiger partial charge in [0.15, 0.2) is 0 Å². The first-order valence-corrected chi connectivity index (χ1v) is 6.76. The average molecular weight is 315 g/mol. The fraction of sp³-hybridized carbons (Fsp3) is 0. The van der Waals surface area contributed by atoms with Gasteiger partial charge in [-0.2, -0.15) is 0 Å². The number of nitrogens with zero attached hydrogens (tertiary/aromatic N) is 1. The van der Waals surface area contributed by atoms with Crippen molar-refractivity contribution in [1.82, 2.24) is 9.97 Å². The van der Waals surface area contributed by atoms with Gasteiger partial charge in [-0.25, -0.2) is 4.98 Å². The Labute approximate surface area is 130 Å². The molecule has 3 aromatic rings. The Morgan fingerprint density at radius 2 is 2.05 bits per heavy atom. The van der Waals surface area contributed by atoms with E-state index in [1.54, 1.807) is 18.5 Å². The highest BCUT2D eigenvalue weighted by molar-refractivity contribution is 6.34. The van der Waals surface area contributed by atoms with E-state index in [9.17, 15) is 9.59 Å². The first-order valence-electron chi connectivity index (χ1n) is 6.38. The second kappa shape index (κ2) is 5.50. The number of nitrogens with one attached hydrogen (secondary N) is 2. The smallest absolute Gasteiger partial charge is 0.255 e. The number of fused-ring (bicyclic) bond motifs is 1. The normalized spacial score (nSPS) is 10.6. The monoisotopic (exact) mass is 314 g/mol. The minimum Gasteiger partial charge on any atom is -0.366 e. The maximum Gasteiger partial charge on any atom is 0.255 e. The van der Waals surface area contributed by atoms with E-state index in [0.29, 0.717) is 5.69 Å². The summed E-state index contributed by atoms with van der Waals surface area (Å²) in [4.78, 5) is 30.6. The number of H-pyrrole nitrogens is 1. The number of rotatable bonds is 3. The molecule has 7 heteroatoms. The molecule has 6 nitrogen and oxygen atoms in total. The van der Waals surface area contributed by atoms with Crippen molar-refractivity contribution in [3.05, 3.63) is 58.9 Å². The molecule has 0 saturated carbocycles. The molecule has 0 atom stereocenters. The van der Waals surface area contributed by atoms with Crippen LogP contribution in [0.4, 0.5) is 5.69 Å². The van der Waals surface area contributed by atoms with Crippen LogP contribution < -0.4 is 11.1 Å². The molecule has 2 aromatic heterocycles. The van der Waals surface area contributed by atoms with E-state index in [0.717, 1.165) is 11.0 Å². The lowest BCUT2D eigenvalue weighted by Crippen LogP contribution is -2.16. The molecule has 22 heavy (non-hydrogen) atoms. The van der Waals surface area contributed by atoms with Crippen LogP contribution in [0.15, 0.2) is 42.7 Å². The van der Waals surface area contributed by atoms with Gasteiger partial charge in [-0.05, 0) is 30.3 Å². The molecule has 1 aromatic carbocycles.